The number of rotatable bonds is 12. The number of anilines is 1. The van der Waals surface area contributed by atoms with Gasteiger partial charge < -0.3 is 19.8 Å². The molecule has 0 saturated heterocycles. The van der Waals surface area contributed by atoms with Crippen LogP contribution in [-0.2, 0) is 15.8 Å². The minimum absolute atomic E-state index is 0.142. The second-order valence-corrected chi connectivity index (χ2v) is 19.5. The third kappa shape index (κ3) is 9.42. The molecule has 4 N–H and O–H groups in total. The molecule has 0 bridgehead atoms. The number of nitrogens with zero attached hydrogens (tertiary/aromatic N) is 6. The molecular weight excluding hydrogens is 959 g/mol. The van der Waals surface area contributed by atoms with Crippen molar-refractivity contribution in [1.82, 2.24) is 39.5 Å². The summed E-state index contributed by atoms with van der Waals surface area (Å²) >= 11 is 0. The predicted molar refractivity (Wildman–Crippen MR) is 301 cm³/mol. The second kappa shape index (κ2) is 20.6. The van der Waals surface area contributed by atoms with Crippen LogP contribution < -0.4 is 5.32 Å². The average molecular weight is 1010 g/mol. The van der Waals surface area contributed by atoms with Gasteiger partial charge in [-0.3, -0.25) is 14.7 Å². The number of carbonyl (C=O) groups is 2. The summed E-state index contributed by atoms with van der Waals surface area (Å²) in [5.74, 6) is -1.01. The van der Waals surface area contributed by atoms with Crippen LogP contribution >= 0.6 is 0 Å². The van der Waals surface area contributed by atoms with E-state index in [1.165, 1.54) is 6.20 Å². The van der Waals surface area contributed by atoms with Crippen molar-refractivity contribution in [2.24, 2.45) is 0 Å². The molecule has 77 heavy (non-hydrogen) atoms. The lowest BCUT2D eigenvalue weighted by Gasteiger charge is -2.36. The summed E-state index contributed by atoms with van der Waals surface area (Å²) in [5.41, 5.74) is 10.0. The molecule has 0 radical (unpaired) electrons. The molecule has 0 unspecified atom stereocenters. The predicted octanol–water partition coefficient (Wildman–Crippen LogP) is 13.6. The summed E-state index contributed by atoms with van der Waals surface area (Å²) in [7, 11) is 0. The first-order chi connectivity index (χ1) is 37.5. The van der Waals surface area contributed by atoms with Gasteiger partial charge in [-0.25, -0.2) is 19.6 Å². The number of ether oxygens (including phenoxy) is 1. The van der Waals surface area contributed by atoms with Crippen LogP contribution in [0.4, 0.5) is 10.5 Å². The van der Waals surface area contributed by atoms with Gasteiger partial charge in [0.25, 0.3) is 0 Å². The Morgan fingerprint density at radius 3 is 1.19 bits per heavy atom. The van der Waals surface area contributed by atoms with Crippen molar-refractivity contribution in [2.75, 3.05) is 5.32 Å². The SMILES string of the molecule is CC(C)(C)OC(=O)Nc1cnc2[nH]cc(-c3cnn(C(c4ccccc4)(c4ccccc4)c4ccccc4)c3)c2c1.O=C(O)c1cnc2[nH]cc(-c3cnn(C(c4ccccc4)(c4ccccc4)c4ccccc4)c3)c2c1. The normalized spacial score (nSPS) is 11.7. The molecule has 0 spiro atoms. The van der Waals surface area contributed by atoms with Crippen LogP contribution in [0.15, 0.2) is 244 Å². The maximum atomic E-state index is 12.4. The zero-order chi connectivity index (χ0) is 53.0. The van der Waals surface area contributed by atoms with Gasteiger partial charge in [0.2, 0.25) is 0 Å². The van der Waals surface area contributed by atoms with E-state index in [1.54, 1.807) is 12.3 Å². The van der Waals surface area contributed by atoms with E-state index in [0.717, 1.165) is 66.4 Å². The first-order valence-corrected chi connectivity index (χ1v) is 25.1. The highest BCUT2D eigenvalue weighted by atomic mass is 16.6. The lowest BCUT2D eigenvalue weighted by Crippen LogP contribution is -2.38. The molecule has 12 aromatic rings. The lowest BCUT2D eigenvalue weighted by atomic mass is 9.77. The van der Waals surface area contributed by atoms with Gasteiger partial charge in [0.1, 0.15) is 28.0 Å². The van der Waals surface area contributed by atoms with E-state index >= 15 is 0 Å². The summed E-state index contributed by atoms with van der Waals surface area (Å²) in [6, 6.07) is 65.9. The van der Waals surface area contributed by atoms with Crippen LogP contribution in [0, 0.1) is 0 Å². The molecule has 0 aliphatic rings. The number of fused-ring (bicyclic) bond motifs is 2. The molecule has 6 heterocycles. The lowest BCUT2D eigenvalue weighted by molar-refractivity contribution is 0.0634. The van der Waals surface area contributed by atoms with Gasteiger partial charge in [-0.15, -0.1) is 0 Å². The van der Waals surface area contributed by atoms with E-state index in [2.05, 4.69) is 141 Å². The quantitative estimate of drug-likeness (QED) is 0.0877. The third-order valence-corrected chi connectivity index (χ3v) is 13.6. The number of aromatic carboxylic acids is 1. The van der Waals surface area contributed by atoms with E-state index in [4.69, 9.17) is 14.9 Å². The van der Waals surface area contributed by atoms with E-state index < -0.39 is 28.7 Å². The van der Waals surface area contributed by atoms with Gasteiger partial charge in [0, 0.05) is 64.0 Å². The summed E-state index contributed by atoms with van der Waals surface area (Å²) in [6.45, 7) is 5.49. The monoisotopic (exact) mass is 1010 g/mol. The topological polar surface area (TPSA) is 169 Å². The molecule has 378 valence electrons. The highest BCUT2D eigenvalue weighted by molar-refractivity contribution is 5.99. The summed E-state index contributed by atoms with van der Waals surface area (Å²) in [4.78, 5) is 39.2. The molecule has 13 nitrogen and oxygen atoms in total. The highest BCUT2D eigenvalue weighted by Gasteiger charge is 2.41. The van der Waals surface area contributed by atoms with Gasteiger partial charge in [0.15, 0.2) is 0 Å². The van der Waals surface area contributed by atoms with Gasteiger partial charge in [-0.2, -0.15) is 10.2 Å². The molecule has 1 amide bonds. The van der Waals surface area contributed by atoms with Crippen LogP contribution in [-0.4, -0.2) is 62.3 Å². The third-order valence-electron chi connectivity index (χ3n) is 13.6. The van der Waals surface area contributed by atoms with E-state index in [0.29, 0.717) is 17.0 Å². The zero-order valence-corrected chi connectivity index (χ0v) is 42.4. The number of carboxylic acids is 1. The fraction of sp³-hybridized carbons (Fsp3) is 0.0938. The first kappa shape index (κ1) is 49.1. The van der Waals surface area contributed by atoms with Crippen molar-refractivity contribution in [3.63, 3.8) is 0 Å². The number of amides is 1. The Balaban J connectivity index is 0.000000165. The molecule has 0 saturated carbocycles. The molecular formula is C64H53N9O4. The molecule has 13 heteroatoms. The van der Waals surface area contributed by atoms with E-state index in [-0.39, 0.29) is 5.56 Å². The first-order valence-electron chi connectivity index (χ1n) is 25.1. The summed E-state index contributed by atoms with van der Waals surface area (Å²) in [5, 5.41) is 23.7. The van der Waals surface area contributed by atoms with Crippen LogP contribution in [0.2, 0.25) is 0 Å². The number of H-pyrrole nitrogens is 2. The van der Waals surface area contributed by atoms with Gasteiger partial charge in [-0.05, 0) is 66.3 Å². The maximum absolute atomic E-state index is 12.4. The minimum atomic E-state index is -1.01. The average Bonchev–Trinajstić information content (AvgIpc) is 4.41. The fourth-order valence-corrected chi connectivity index (χ4v) is 10.3. The van der Waals surface area contributed by atoms with Crippen molar-refractivity contribution in [1.29, 1.82) is 0 Å². The molecule has 0 aliphatic heterocycles. The van der Waals surface area contributed by atoms with Gasteiger partial charge in [-0.1, -0.05) is 182 Å². The standard InChI is InChI=1S/C34H31N5O2.C30H22N4O2/c1-33(2,3)41-32(40)38-28-19-29-30(22-36-31(29)35-21-28)24-20-37-39(23-24)34(25-13-7-4-8-14-25,26-15-9-5-10-16-26)27-17-11-6-12-18-27;35-29(36)21-16-26-27(19-32-28(26)31-17-21)22-18-33-34(20-22)30(23-10-4-1-5-11-23,24-12-6-2-7-13-24)25-14-8-3-9-15-25/h4-23H,1-3H3,(H,35,36)(H,38,40);1-20H,(H,31,32)(H,35,36). The fourth-order valence-electron chi connectivity index (χ4n) is 10.3. The number of carboxylic acid groups (broad SMARTS) is 1. The Morgan fingerprint density at radius 1 is 0.494 bits per heavy atom. The molecule has 12 rings (SSSR count). The summed E-state index contributed by atoms with van der Waals surface area (Å²) in [6.07, 6.45) is 14.0. The van der Waals surface area contributed by atoms with Crippen molar-refractivity contribution in [2.45, 2.75) is 37.5 Å². The number of aromatic amines is 2. The Bertz CT molecular complexity index is 3770. The zero-order valence-electron chi connectivity index (χ0n) is 42.4. The highest BCUT2D eigenvalue weighted by Crippen LogP contribution is 2.43. The Hall–Kier alpha value is -10.1. The number of hydrogen-bond acceptors (Lipinski definition) is 7. The number of pyridine rings is 2. The van der Waals surface area contributed by atoms with Crippen molar-refractivity contribution in [3.05, 3.63) is 283 Å². The van der Waals surface area contributed by atoms with Crippen LogP contribution in [0.3, 0.4) is 0 Å². The molecule has 0 atom stereocenters. The molecule has 6 aromatic carbocycles. The largest absolute Gasteiger partial charge is 0.478 e. The number of benzene rings is 6. The molecule has 0 aliphatic carbocycles. The number of hydrogen-bond donors (Lipinski definition) is 4. The van der Waals surface area contributed by atoms with Crippen molar-refractivity contribution >= 4 is 39.8 Å². The van der Waals surface area contributed by atoms with E-state index in [1.807, 2.05) is 140 Å². The number of carbonyl (C=O) groups excluding carboxylic acids is 1. The van der Waals surface area contributed by atoms with Crippen LogP contribution in [0.5, 0.6) is 0 Å². The number of aromatic nitrogens is 8. The number of nitrogens with one attached hydrogen (secondary N) is 3. The Labute approximate surface area is 444 Å². The Kier molecular flexibility index (Phi) is 13.2. The van der Waals surface area contributed by atoms with Crippen molar-refractivity contribution in [3.8, 4) is 22.3 Å². The summed E-state index contributed by atoms with van der Waals surface area (Å²) < 4.78 is 9.45. The van der Waals surface area contributed by atoms with Crippen molar-refractivity contribution < 1.29 is 19.4 Å². The molecule has 6 aromatic heterocycles. The smallest absolute Gasteiger partial charge is 0.412 e. The minimum Gasteiger partial charge on any atom is -0.478 e. The second-order valence-electron chi connectivity index (χ2n) is 19.5. The maximum Gasteiger partial charge on any atom is 0.412 e. The van der Waals surface area contributed by atoms with Gasteiger partial charge in [0.05, 0.1) is 29.8 Å². The Morgan fingerprint density at radius 2 is 0.844 bits per heavy atom. The van der Waals surface area contributed by atoms with Gasteiger partial charge >= 0.3 is 12.1 Å². The molecule has 0 fully saturated rings. The van der Waals surface area contributed by atoms with Crippen LogP contribution in [0.1, 0.15) is 64.5 Å². The van der Waals surface area contributed by atoms with E-state index in [9.17, 15) is 14.7 Å². The van der Waals surface area contributed by atoms with Crippen LogP contribution in [0.25, 0.3) is 44.3 Å².